The van der Waals surface area contributed by atoms with Gasteiger partial charge in [0.15, 0.2) is 5.82 Å². The molecule has 1 unspecified atom stereocenters. The molecular weight excluding hydrogens is 429 g/mol. The second kappa shape index (κ2) is 10.2. The predicted molar refractivity (Wildman–Crippen MR) is 118 cm³/mol. The third kappa shape index (κ3) is 5.29. The van der Waals surface area contributed by atoms with Gasteiger partial charge in [-0.15, -0.1) is 0 Å². The number of likely N-dealkylation sites (tertiary alicyclic amines) is 2. The Morgan fingerprint density at radius 2 is 1.82 bits per heavy atom. The van der Waals surface area contributed by atoms with E-state index in [1.807, 2.05) is 6.08 Å². The lowest BCUT2D eigenvalue weighted by atomic mass is 9.85. The molecule has 2 saturated heterocycles. The lowest BCUT2D eigenvalue weighted by molar-refractivity contribution is -0.157. The number of hydrogen-bond donors (Lipinski definition) is 1. The number of rotatable bonds is 5. The second-order valence-corrected chi connectivity index (χ2v) is 8.92. The van der Waals surface area contributed by atoms with Crippen molar-refractivity contribution in [3.05, 3.63) is 35.7 Å². The minimum absolute atomic E-state index is 0.0305. The minimum atomic E-state index is -0.626. The number of carbonyl (C=O) groups is 3. The summed E-state index contributed by atoms with van der Waals surface area (Å²) in [7, 11) is 0. The highest BCUT2D eigenvalue weighted by Gasteiger charge is 2.36. The first-order chi connectivity index (χ1) is 15.9. The summed E-state index contributed by atoms with van der Waals surface area (Å²) in [6, 6.07) is 3.99. The normalized spacial score (nSPS) is 23.1. The molecule has 1 aromatic carbocycles. The maximum absolute atomic E-state index is 14.6. The molecule has 2 aliphatic heterocycles. The van der Waals surface area contributed by atoms with Crippen LogP contribution in [0.15, 0.2) is 24.3 Å². The molecule has 1 aliphatic carbocycles. The van der Waals surface area contributed by atoms with Gasteiger partial charge >= 0.3 is 6.09 Å². The van der Waals surface area contributed by atoms with Crippen LogP contribution >= 0.6 is 0 Å². The van der Waals surface area contributed by atoms with Crippen LogP contribution in [0, 0.1) is 11.7 Å². The summed E-state index contributed by atoms with van der Waals surface area (Å²) in [6.07, 6.45) is 7.45. The number of carbonyl (C=O) groups excluding carboxylic acids is 3. The number of benzene rings is 1. The highest BCUT2D eigenvalue weighted by Crippen LogP contribution is 2.34. The van der Waals surface area contributed by atoms with Gasteiger partial charge in [-0.25, -0.2) is 14.1 Å². The number of halogens is 1. The van der Waals surface area contributed by atoms with Gasteiger partial charge in [-0.1, -0.05) is 12.1 Å². The van der Waals surface area contributed by atoms with E-state index >= 15 is 0 Å². The van der Waals surface area contributed by atoms with Crippen molar-refractivity contribution in [3.8, 4) is 5.75 Å². The zero-order chi connectivity index (χ0) is 23.4. The van der Waals surface area contributed by atoms with Crippen molar-refractivity contribution < 1.29 is 28.5 Å². The average Bonchev–Trinajstić information content (AvgIpc) is 3.34. The van der Waals surface area contributed by atoms with E-state index in [-0.39, 0.29) is 17.6 Å². The van der Waals surface area contributed by atoms with Gasteiger partial charge in [0, 0.05) is 25.6 Å². The summed E-state index contributed by atoms with van der Waals surface area (Å²) < 4.78 is 14.6. The first-order valence-corrected chi connectivity index (χ1v) is 11.7. The topological polar surface area (TPSA) is 102 Å². The van der Waals surface area contributed by atoms with E-state index in [0.29, 0.717) is 50.9 Å². The molecule has 2 atom stereocenters. The van der Waals surface area contributed by atoms with Crippen molar-refractivity contribution in [2.45, 2.75) is 57.4 Å². The van der Waals surface area contributed by atoms with E-state index in [4.69, 9.17) is 15.5 Å². The van der Waals surface area contributed by atoms with Crippen LogP contribution in [0.5, 0.6) is 5.75 Å². The Bertz CT molecular complexity index is 944. The molecule has 178 valence electrons. The van der Waals surface area contributed by atoms with Crippen LogP contribution in [0.2, 0.25) is 0 Å². The number of allylic oxidation sites excluding steroid dienone is 2. The number of hydrogen-bond acceptors (Lipinski definition) is 5. The van der Waals surface area contributed by atoms with Crippen LogP contribution in [0.4, 0.5) is 9.18 Å². The number of piperidine rings is 1. The smallest absolute Gasteiger partial charge is 0.368 e. The third-order valence-electron chi connectivity index (χ3n) is 6.74. The molecule has 8 nitrogen and oxygen atoms in total. The van der Waals surface area contributed by atoms with Gasteiger partial charge in [0.1, 0.15) is 6.04 Å². The average molecular weight is 460 g/mol. The van der Waals surface area contributed by atoms with Crippen molar-refractivity contribution in [2.75, 3.05) is 19.6 Å². The highest BCUT2D eigenvalue weighted by atomic mass is 19.1. The molecule has 9 heteroatoms. The molecule has 2 fully saturated rings. The summed E-state index contributed by atoms with van der Waals surface area (Å²) in [4.78, 5) is 49.4. The predicted octanol–water partition coefficient (Wildman–Crippen LogP) is 3.40. The van der Waals surface area contributed by atoms with Gasteiger partial charge in [-0.05, 0) is 74.6 Å². The van der Waals surface area contributed by atoms with Crippen LogP contribution in [0.3, 0.4) is 0 Å². The molecule has 0 bridgehead atoms. The van der Waals surface area contributed by atoms with Crippen molar-refractivity contribution in [2.24, 2.45) is 11.7 Å². The largest absolute Gasteiger partial charge is 0.452 e. The quantitative estimate of drug-likeness (QED) is 0.537. The molecule has 3 aliphatic rings. The van der Waals surface area contributed by atoms with E-state index < -0.39 is 23.9 Å². The SMILES string of the molecule is NC(=O)[C@@H]1CCCN1C(=O)C1CC=C(c2ccc(OOC(=O)N3CCCCC3)c(F)c2)CC1. The Morgan fingerprint density at radius 1 is 1.03 bits per heavy atom. The fraction of sp³-hybridized carbons (Fsp3) is 0.542. The Labute approximate surface area is 192 Å². The van der Waals surface area contributed by atoms with Gasteiger partial charge < -0.3 is 15.5 Å². The zero-order valence-corrected chi connectivity index (χ0v) is 18.6. The van der Waals surface area contributed by atoms with Crippen LogP contribution in [-0.2, 0) is 14.5 Å². The first kappa shape index (κ1) is 23.1. The Kier molecular flexibility index (Phi) is 7.15. The van der Waals surface area contributed by atoms with Crippen LogP contribution in [0.25, 0.3) is 5.57 Å². The summed E-state index contributed by atoms with van der Waals surface area (Å²) in [6.45, 7) is 1.79. The highest BCUT2D eigenvalue weighted by molar-refractivity contribution is 5.88. The summed E-state index contributed by atoms with van der Waals surface area (Å²) in [5, 5.41) is 0. The lowest BCUT2D eigenvalue weighted by Gasteiger charge is -2.29. The van der Waals surface area contributed by atoms with Crippen molar-refractivity contribution >= 4 is 23.5 Å². The summed E-state index contributed by atoms with van der Waals surface area (Å²) in [5.41, 5.74) is 7.08. The molecule has 2 N–H and O–H groups in total. The molecule has 3 amide bonds. The van der Waals surface area contributed by atoms with Gasteiger partial charge in [-0.3, -0.25) is 14.5 Å². The Balaban J connectivity index is 1.33. The zero-order valence-electron chi connectivity index (χ0n) is 18.6. The number of amides is 3. The van der Waals surface area contributed by atoms with E-state index in [1.165, 1.54) is 12.1 Å². The van der Waals surface area contributed by atoms with Gasteiger partial charge in [0.25, 0.3) is 0 Å². The summed E-state index contributed by atoms with van der Waals surface area (Å²) in [5.74, 6) is -1.46. The monoisotopic (exact) mass is 459 g/mol. The maximum atomic E-state index is 14.6. The van der Waals surface area contributed by atoms with E-state index in [1.54, 1.807) is 15.9 Å². The van der Waals surface area contributed by atoms with E-state index in [2.05, 4.69) is 0 Å². The first-order valence-electron chi connectivity index (χ1n) is 11.7. The van der Waals surface area contributed by atoms with Crippen LogP contribution in [-0.4, -0.2) is 53.4 Å². The summed E-state index contributed by atoms with van der Waals surface area (Å²) >= 11 is 0. The molecule has 2 heterocycles. The van der Waals surface area contributed by atoms with Crippen molar-refractivity contribution in [3.63, 3.8) is 0 Å². The minimum Gasteiger partial charge on any atom is -0.368 e. The number of nitrogens with two attached hydrogens (primary N) is 1. The lowest BCUT2D eigenvalue weighted by Crippen LogP contribution is -2.46. The third-order valence-corrected chi connectivity index (χ3v) is 6.74. The molecule has 0 saturated carbocycles. The number of nitrogens with zero attached hydrogens (tertiary/aromatic N) is 2. The molecule has 1 aromatic rings. The molecule has 0 radical (unpaired) electrons. The second-order valence-electron chi connectivity index (χ2n) is 8.92. The number of primary amides is 1. The van der Waals surface area contributed by atoms with E-state index in [9.17, 15) is 18.8 Å². The van der Waals surface area contributed by atoms with Crippen molar-refractivity contribution in [1.29, 1.82) is 0 Å². The van der Waals surface area contributed by atoms with E-state index in [0.717, 1.165) is 31.3 Å². The Morgan fingerprint density at radius 3 is 2.48 bits per heavy atom. The molecule has 33 heavy (non-hydrogen) atoms. The molecule has 0 spiro atoms. The fourth-order valence-corrected chi connectivity index (χ4v) is 4.86. The van der Waals surface area contributed by atoms with Gasteiger partial charge in [-0.2, -0.15) is 0 Å². The van der Waals surface area contributed by atoms with Gasteiger partial charge in [0.05, 0.1) is 0 Å². The molecule has 4 rings (SSSR count). The van der Waals surface area contributed by atoms with Gasteiger partial charge in [0.2, 0.25) is 17.6 Å². The Hall–Kier alpha value is -3.10. The standard InChI is InChI=1S/C24H30FN3O5/c25-19-15-18(10-11-21(19)32-33-24(31)27-12-2-1-3-13-27)16-6-8-17(9-7-16)23(30)28-14-4-5-20(28)22(26)29/h6,10-11,15,17,20H,1-5,7-9,12-14H2,(H2,26,29)/t17?,20-/m0/s1. The van der Waals surface area contributed by atoms with Crippen LogP contribution in [0.1, 0.15) is 56.9 Å². The fourth-order valence-electron chi connectivity index (χ4n) is 4.86. The van der Waals surface area contributed by atoms with Crippen molar-refractivity contribution in [1.82, 2.24) is 9.80 Å². The maximum Gasteiger partial charge on any atom is 0.452 e. The molecular formula is C24H30FN3O5. The molecule has 0 aromatic heterocycles. The van der Waals surface area contributed by atoms with Crippen LogP contribution < -0.4 is 10.6 Å².